The zero-order chi connectivity index (χ0) is 13.0. The molecule has 0 aromatic heterocycles. The molecule has 2 amide bonds. The third kappa shape index (κ3) is 1.32. The van der Waals surface area contributed by atoms with Gasteiger partial charge in [-0.05, 0) is 23.5 Å². The van der Waals surface area contributed by atoms with Crippen LogP contribution in [-0.4, -0.2) is 48.8 Å². The first-order valence-electron chi connectivity index (χ1n) is 6.12. The molecule has 0 radical (unpaired) electrons. The van der Waals surface area contributed by atoms with E-state index in [0.29, 0.717) is 11.5 Å². The highest BCUT2D eigenvalue weighted by atomic mass is 16.2. The molecule has 0 spiro atoms. The number of nitrogens with zero attached hydrogens (tertiary/aromatic N) is 2. The highest BCUT2D eigenvalue weighted by molar-refractivity contribution is 6.21. The van der Waals surface area contributed by atoms with Crippen molar-refractivity contribution in [2.45, 2.75) is 12.5 Å². The summed E-state index contributed by atoms with van der Waals surface area (Å²) in [6.07, 6.45) is 7.25. The predicted octanol–water partition coefficient (Wildman–Crippen LogP) is 0.728. The quantitative estimate of drug-likeness (QED) is 0.504. The fraction of sp³-hybridized carbons (Fsp3) is 0.429. The molecular formula is C14H16N2O2. The first-order chi connectivity index (χ1) is 8.50. The molecule has 0 fully saturated rings. The zero-order valence-electron chi connectivity index (χ0n) is 10.8. The van der Waals surface area contributed by atoms with Crippen molar-refractivity contribution in [2.24, 2.45) is 5.92 Å². The number of carbonyl (C=O) groups excluding carboxylic acids is 2. The maximum absolute atomic E-state index is 12.3. The number of likely N-dealkylation sites (N-methyl/N-ethyl adjacent to an activating group) is 2. The molecule has 1 aliphatic heterocycles. The Hall–Kier alpha value is -1.84. The normalized spacial score (nSPS) is 28.7. The first kappa shape index (κ1) is 11.3. The van der Waals surface area contributed by atoms with Crippen LogP contribution < -0.4 is 0 Å². The Morgan fingerprint density at radius 1 is 1.44 bits per heavy atom. The fourth-order valence-corrected chi connectivity index (χ4v) is 2.89. The number of hydrogen-bond acceptors (Lipinski definition) is 2. The second-order valence-electron chi connectivity index (χ2n) is 5.32. The molecule has 1 unspecified atom stereocenters. The predicted molar refractivity (Wildman–Crippen MR) is 67.6 cm³/mol. The minimum Gasteiger partial charge on any atom is -0.345 e. The zero-order valence-corrected chi connectivity index (χ0v) is 10.8. The van der Waals surface area contributed by atoms with Crippen molar-refractivity contribution in [3.05, 3.63) is 34.9 Å². The average Bonchev–Trinajstić information content (AvgIpc) is 2.49. The Kier molecular flexibility index (Phi) is 2.24. The number of rotatable bonds is 1. The molecule has 4 heteroatoms. The van der Waals surface area contributed by atoms with Crippen LogP contribution in [0.25, 0.3) is 0 Å². The van der Waals surface area contributed by atoms with Crippen molar-refractivity contribution in [1.82, 2.24) is 9.80 Å². The van der Waals surface area contributed by atoms with Crippen LogP contribution in [0.3, 0.4) is 0 Å². The number of hydrogen-bond donors (Lipinski definition) is 0. The van der Waals surface area contributed by atoms with Crippen LogP contribution in [0, 0.1) is 5.92 Å². The molecule has 1 heterocycles. The van der Waals surface area contributed by atoms with Crippen molar-refractivity contribution >= 4 is 11.8 Å². The van der Waals surface area contributed by atoms with Gasteiger partial charge in [-0.15, -0.1) is 0 Å². The summed E-state index contributed by atoms with van der Waals surface area (Å²) in [4.78, 5) is 27.6. The van der Waals surface area contributed by atoms with E-state index in [4.69, 9.17) is 0 Å². The summed E-state index contributed by atoms with van der Waals surface area (Å²) in [5.41, 5.74) is 2.46. The van der Waals surface area contributed by atoms with Gasteiger partial charge in [0.25, 0.3) is 11.8 Å². The van der Waals surface area contributed by atoms with Crippen LogP contribution in [0.5, 0.6) is 0 Å². The van der Waals surface area contributed by atoms with Crippen LogP contribution in [-0.2, 0) is 9.59 Å². The molecule has 0 aromatic carbocycles. The fourth-order valence-electron chi connectivity index (χ4n) is 2.89. The van der Waals surface area contributed by atoms with Crippen LogP contribution in [0.4, 0.5) is 0 Å². The number of carbonyl (C=O) groups is 2. The molecule has 0 aromatic rings. The van der Waals surface area contributed by atoms with Gasteiger partial charge in [0.05, 0.1) is 6.04 Å². The van der Waals surface area contributed by atoms with E-state index in [1.54, 1.807) is 26.0 Å². The largest absolute Gasteiger partial charge is 0.345 e. The third-order valence-corrected chi connectivity index (χ3v) is 3.90. The van der Waals surface area contributed by atoms with E-state index >= 15 is 0 Å². The lowest BCUT2D eigenvalue weighted by Crippen LogP contribution is -2.36. The molecule has 4 nitrogen and oxygen atoms in total. The molecule has 4 aliphatic rings. The summed E-state index contributed by atoms with van der Waals surface area (Å²) < 4.78 is 0. The lowest BCUT2D eigenvalue weighted by Gasteiger charge is -2.30. The SMILES string of the molecule is CN(C)C(=O)C1=C2C=C[C@@H]3C=C(C3)C2N(C)C1=O. The van der Waals surface area contributed by atoms with Crippen molar-refractivity contribution in [3.63, 3.8) is 0 Å². The molecule has 0 saturated heterocycles. The molecule has 2 bridgehead atoms. The number of amides is 2. The molecule has 18 heavy (non-hydrogen) atoms. The Morgan fingerprint density at radius 3 is 2.72 bits per heavy atom. The van der Waals surface area contributed by atoms with Gasteiger partial charge in [-0.2, -0.15) is 0 Å². The minimum atomic E-state index is -0.200. The summed E-state index contributed by atoms with van der Waals surface area (Å²) in [6, 6.07) is -0.0219. The van der Waals surface area contributed by atoms with E-state index in [-0.39, 0.29) is 17.9 Å². The first-order valence-corrected chi connectivity index (χ1v) is 6.12. The van der Waals surface area contributed by atoms with Gasteiger partial charge < -0.3 is 9.80 Å². The van der Waals surface area contributed by atoms with E-state index in [1.807, 2.05) is 6.08 Å². The molecule has 94 valence electrons. The van der Waals surface area contributed by atoms with Gasteiger partial charge in [0.1, 0.15) is 5.57 Å². The van der Waals surface area contributed by atoms with Crippen LogP contribution in [0.15, 0.2) is 34.9 Å². The second-order valence-corrected chi connectivity index (χ2v) is 5.32. The minimum absolute atomic E-state index is 0.0219. The number of allylic oxidation sites excluding steroid dienone is 2. The van der Waals surface area contributed by atoms with Gasteiger partial charge in [0.15, 0.2) is 0 Å². The highest BCUT2D eigenvalue weighted by Gasteiger charge is 2.44. The van der Waals surface area contributed by atoms with Gasteiger partial charge in [0, 0.05) is 21.1 Å². The van der Waals surface area contributed by atoms with Gasteiger partial charge in [0.2, 0.25) is 0 Å². The van der Waals surface area contributed by atoms with E-state index in [0.717, 1.165) is 12.0 Å². The highest BCUT2D eigenvalue weighted by Crippen LogP contribution is 2.42. The van der Waals surface area contributed by atoms with Crippen molar-refractivity contribution < 1.29 is 9.59 Å². The van der Waals surface area contributed by atoms with Crippen molar-refractivity contribution in [3.8, 4) is 0 Å². The summed E-state index contributed by atoms with van der Waals surface area (Å²) in [5.74, 6) is 0.121. The molecule has 3 aliphatic carbocycles. The van der Waals surface area contributed by atoms with E-state index in [1.165, 1.54) is 10.5 Å². The standard InChI is InChI=1S/C14H16N2O2/c1-15(2)13(17)11-10-5-4-8-6-9(7-8)12(10)16(3)14(11)18/h4-6,8,12H,7H2,1-3H3/t8-,12?/m1/s1. The summed E-state index contributed by atoms with van der Waals surface area (Å²) in [6.45, 7) is 0. The van der Waals surface area contributed by atoms with Gasteiger partial charge >= 0.3 is 0 Å². The maximum Gasteiger partial charge on any atom is 0.260 e. The van der Waals surface area contributed by atoms with Gasteiger partial charge in [-0.3, -0.25) is 9.59 Å². The summed E-state index contributed by atoms with van der Waals surface area (Å²) in [7, 11) is 5.13. The van der Waals surface area contributed by atoms with E-state index in [9.17, 15) is 9.59 Å². The molecule has 4 rings (SSSR count). The summed E-state index contributed by atoms with van der Waals surface area (Å²) in [5, 5.41) is 0. The lowest BCUT2D eigenvalue weighted by atomic mass is 9.83. The molecule has 0 N–H and O–H groups in total. The van der Waals surface area contributed by atoms with E-state index in [2.05, 4.69) is 12.2 Å². The third-order valence-electron chi connectivity index (χ3n) is 3.90. The van der Waals surface area contributed by atoms with E-state index < -0.39 is 0 Å². The van der Waals surface area contributed by atoms with Gasteiger partial charge in [-0.25, -0.2) is 0 Å². The Balaban J connectivity index is 2.13. The van der Waals surface area contributed by atoms with Crippen molar-refractivity contribution in [2.75, 3.05) is 21.1 Å². The molecular weight excluding hydrogens is 228 g/mol. The molecule has 2 atom stereocenters. The van der Waals surface area contributed by atoms with Crippen LogP contribution >= 0.6 is 0 Å². The van der Waals surface area contributed by atoms with Gasteiger partial charge in [-0.1, -0.05) is 18.2 Å². The second kappa shape index (κ2) is 3.57. The Bertz CT molecular complexity index is 540. The smallest absolute Gasteiger partial charge is 0.260 e. The monoisotopic (exact) mass is 244 g/mol. The maximum atomic E-state index is 12.3. The Labute approximate surface area is 106 Å². The molecule has 0 saturated carbocycles. The average molecular weight is 244 g/mol. The Morgan fingerprint density at radius 2 is 2.11 bits per heavy atom. The van der Waals surface area contributed by atoms with Crippen LogP contribution in [0.2, 0.25) is 0 Å². The lowest BCUT2D eigenvalue weighted by molar-refractivity contribution is -0.131. The van der Waals surface area contributed by atoms with Crippen molar-refractivity contribution in [1.29, 1.82) is 0 Å². The topological polar surface area (TPSA) is 40.6 Å². The summed E-state index contributed by atoms with van der Waals surface area (Å²) >= 11 is 0. The van der Waals surface area contributed by atoms with Crippen LogP contribution in [0.1, 0.15) is 6.42 Å².